The lowest BCUT2D eigenvalue weighted by Crippen LogP contribution is -2.55. The Bertz CT molecular complexity index is 855. The van der Waals surface area contributed by atoms with E-state index >= 15 is 0 Å². The second-order valence-electron chi connectivity index (χ2n) is 11.4. The minimum absolute atomic E-state index is 0.0106. The van der Waals surface area contributed by atoms with Gasteiger partial charge in [-0.3, -0.25) is 4.79 Å². The lowest BCUT2D eigenvalue weighted by Gasteiger charge is -2.55. The van der Waals surface area contributed by atoms with Gasteiger partial charge in [0, 0.05) is 6.42 Å². The summed E-state index contributed by atoms with van der Waals surface area (Å²) in [6, 6.07) is 8.45. The molecule has 0 radical (unpaired) electrons. The fourth-order valence-corrected chi connectivity index (χ4v) is 6.21. The molecule has 7 nitrogen and oxygen atoms in total. The monoisotopic (exact) mass is 471 g/mol. The summed E-state index contributed by atoms with van der Waals surface area (Å²) >= 11 is 0. The Morgan fingerprint density at radius 1 is 1.00 bits per heavy atom. The average molecular weight is 472 g/mol. The van der Waals surface area contributed by atoms with Gasteiger partial charge < -0.3 is 19.5 Å². The van der Waals surface area contributed by atoms with Crippen LogP contribution in [0.15, 0.2) is 30.3 Å². The Kier molecular flexibility index (Phi) is 7.20. The first-order chi connectivity index (χ1) is 16.1. The topological polar surface area (TPSA) is 90.9 Å². The van der Waals surface area contributed by atoms with Gasteiger partial charge in [-0.2, -0.15) is 0 Å². The van der Waals surface area contributed by atoms with Crippen LogP contribution >= 0.6 is 0 Å². The molecule has 186 valence electrons. The molecule has 4 fully saturated rings. The lowest BCUT2D eigenvalue weighted by atomic mass is 9.54. The maximum atomic E-state index is 13.3. The normalized spacial score (nSPS) is 28.1. The molecule has 4 aliphatic rings. The molecule has 0 aliphatic heterocycles. The third-order valence-corrected chi connectivity index (χ3v) is 7.15. The summed E-state index contributed by atoms with van der Waals surface area (Å²) in [4.78, 5) is 38.1. The van der Waals surface area contributed by atoms with Crippen molar-refractivity contribution in [1.29, 1.82) is 0 Å². The van der Waals surface area contributed by atoms with Crippen molar-refractivity contribution in [3.63, 3.8) is 0 Å². The molecule has 34 heavy (non-hydrogen) atoms. The van der Waals surface area contributed by atoms with Crippen LogP contribution in [0, 0.1) is 17.8 Å². The number of benzene rings is 1. The van der Waals surface area contributed by atoms with Crippen LogP contribution < -0.4 is 5.32 Å². The van der Waals surface area contributed by atoms with Crippen LogP contribution in [0.5, 0.6) is 0 Å². The second-order valence-corrected chi connectivity index (χ2v) is 11.4. The SMILES string of the molecule is CC(C)(C)OC(=O)N[C@@H](CCC(=O)OCc1ccccc1)C(=O)OC12CC3CC(CC(C3)C1)C2. The second kappa shape index (κ2) is 9.96. The number of alkyl carbamates (subject to hydrolysis) is 1. The molecule has 1 aromatic carbocycles. The standard InChI is InChI=1S/C27H37NO6/c1-26(2,3)34-25(31)28-22(9-10-23(29)32-17-18-7-5-4-6-8-18)24(30)33-27-14-19-11-20(15-27)13-21(12-19)16-27/h4-8,19-22H,9-17H2,1-3H3,(H,28,31)/t19?,20?,21?,22-,27?/m0/s1. The van der Waals surface area contributed by atoms with E-state index in [0.717, 1.165) is 24.8 Å². The van der Waals surface area contributed by atoms with Crippen LogP contribution in [-0.4, -0.2) is 35.3 Å². The van der Waals surface area contributed by atoms with Gasteiger partial charge in [-0.25, -0.2) is 9.59 Å². The number of hydrogen-bond donors (Lipinski definition) is 1. The van der Waals surface area contributed by atoms with Gasteiger partial charge in [0.1, 0.15) is 23.9 Å². The van der Waals surface area contributed by atoms with Crippen LogP contribution in [0.25, 0.3) is 0 Å². The molecule has 1 amide bonds. The van der Waals surface area contributed by atoms with Gasteiger partial charge in [0.25, 0.3) is 0 Å². The Hall–Kier alpha value is -2.57. The third-order valence-electron chi connectivity index (χ3n) is 7.15. The maximum absolute atomic E-state index is 13.3. The van der Waals surface area contributed by atoms with E-state index in [1.807, 2.05) is 30.3 Å². The Morgan fingerprint density at radius 2 is 1.59 bits per heavy atom. The summed E-state index contributed by atoms with van der Waals surface area (Å²) in [5.41, 5.74) is -0.235. The lowest BCUT2D eigenvalue weighted by molar-refractivity contribution is -0.189. The van der Waals surface area contributed by atoms with Crippen molar-refractivity contribution in [3.05, 3.63) is 35.9 Å². The fourth-order valence-electron chi connectivity index (χ4n) is 6.21. The molecule has 1 atom stereocenters. The molecule has 0 aromatic heterocycles. The predicted octanol–water partition coefficient (Wildman–Crippen LogP) is 4.92. The Labute approximate surface area is 201 Å². The van der Waals surface area contributed by atoms with Crippen LogP contribution in [0.3, 0.4) is 0 Å². The van der Waals surface area contributed by atoms with E-state index < -0.39 is 35.3 Å². The molecule has 1 N–H and O–H groups in total. The highest BCUT2D eigenvalue weighted by atomic mass is 16.6. The number of rotatable bonds is 8. The van der Waals surface area contributed by atoms with Gasteiger partial charge in [0.15, 0.2) is 0 Å². The van der Waals surface area contributed by atoms with Crippen molar-refractivity contribution in [2.75, 3.05) is 0 Å². The Morgan fingerprint density at radius 3 is 2.15 bits per heavy atom. The summed E-state index contributed by atoms with van der Waals surface area (Å²) < 4.78 is 16.8. The fraction of sp³-hybridized carbons (Fsp3) is 0.667. The van der Waals surface area contributed by atoms with Gasteiger partial charge in [0.05, 0.1) is 0 Å². The van der Waals surface area contributed by atoms with E-state index in [2.05, 4.69) is 5.32 Å². The number of amides is 1. The molecule has 4 saturated carbocycles. The number of nitrogens with one attached hydrogen (secondary N) is 1. The van der Waals surface area contributed by atoms with Crippen molar-refractivity contribution in [2.45, 2.75) is 96.0 Å². The minimum Gasteiger partial charge on any atom is -0.461 e. The minimum atomic E-state index is -0.966. The van der Waals surface area contributed by atoms with Crippen molar-refractivity contribution < 1.29 is 28.6 Å². The van der Waals surface area contributed by atoms with Gasteiger partial charge in [-0.05, 0) is 89.0 Å². The van der Waals surface area contributed by atoms with Gasteiger partial charge in [0.2, 0.25) is 0 Å². The molecule has 0 unspecified atom stereocenters. The number of ether oxygens (including phenoxy) is 3. The van der Waals surface area contributed by atoms with Gasteiger partial charge >= 0.3 is 18.0 Å². The van der Waals surface area contributed by atoms with Crippen LogP contribution in [0.2, 0.25) is 0 Å². The van der Waals surface area contributed by atoms with E-state index in [1.165, 1.54) is 19.3 Å². The number of esters is 2. The number of carbonyl (C=O) groups is 3. The highest BCUT2D eigenvalue weighted by Gasteiger charge is 2.53. The number of carbonyl (C=O) groups excluding carboxylic acids is 3. The largest absolute Gasteiger partial charge is 0.461 e. The van der Waals surface area contributed by atoms with E-state index in [1.54, 1.807) is 20.8 Å². The smallest absolute Gasteiger partial charge is 0.408 e. The quantitative estimate of drug-likeness (QED) is 0.428. The van der Waals surface area contributed by atoms with Crippen molar-refractivity contribution >= 4 is 18.0 Å². The van der Waals surface area contributed by atoms with E-state index in [9.17, 15) is 14.4 Å². The molecule has 7 heteroatoms. The van der Waals surface area contributed by atoms with Gasteiger partial charge in [-0.15, -0.1) is 0 Å². The van der Waals surface area contributed by atoms with Crippen molar-refractivity contribution in [1.82, 2.24) is 5.32 Å². The molecular weight excluding hydrogens is 434 g/mol. The summed E-state index contributed by atoms with van der Waals surface area (Å²) in [7, 11) is 0. The first-order valence-corrected chi connectivity index (χ1v) is 12.5. The number of hydrogen-bond acceptors (Lipinski definition) is 6. The molecular formula is C27H37NO6. The summed E-state index contributed by atoms with van der Waals surface area (Å²) in [5, 5.41) is 2.64. The predicted molar refractivity (Wildman–Crippen MR) is 126 cm³/mol. The molecule has 1 aromatic rings. The zero-order valence-electron chi connectivity index (χ0n) is 20.5. The molecule has 0 spiro atoms. The third kappa shape index (κ3) is 6.51. The van der Waals surface area contributed by atoms with Crippen molar-refractivity contribution in [3.8, 4) is 0 Å². The Balaban J connectivity index is 1.36. The van der Waals surface area contributed by atoms with E-state index in [-0.39, 0.29) is 19.4 Å². The molecule has 0 heterocycles. The summed E-state index contributed by atoms with van der Waals surface area (Å²) in [6.45, 7) is 5.45. The van der Waals surface area contributed by atoms with Gasteiger partial charge in [-0.1, -0.05) is 30.3 Å². The highest BCUT2D eigenvalue weighted by Crippen LogP contribution is 2.57. The first kappa shape index (κ1) is 24.6. The molecule has 4 aliphatic carbocycles. The van der Waals surface area contributed by atoms with Crippen LogP contribution in [-0.2, 0) is 30.4 Å². The van der Waals surface area contributed by atoms with Crippen LogP contribution in [0.4, 0.5) is 4.79 Å². The molecule has 0 saturated heterocycles. The van der Waals surface area contributed by atoms with Crippen molar-refractivity contribution in [2.24, 2.45) is 17.8 Å². The summed E-state index contributed by atoms with van der Waals surface area (Å²) in [6.07, 6.45) is 5.82. The molecule has 5 rings (SSSR count). The highest BCUT2D eigenvalue weighted by molar-refractivity contribution is 5.82. The van der Waals surface area contributed by atoms with E-state index in [0.29, 0.717) is 17.8 Å². The maximum Gasteiger partial charge on any atom is 0.408 e. The summed E-state index contributed by atoms with van der Waals surface area (Å²) in [5.74, 6) is 0.976. The zero-order chi connectivity index (χ0) is 24.3. The average Bonchev–Trinajstić information content (AvgIpc) is 2.73. The first-order valence-electron chi connectivity index (χ1n) is 12.5. The van der Waals surface area contributed by atoms with Crippen LogP contribution in [0.1, 0.15) is 77.7 Å². The zero-order valence-corrected chi connectivity index (χ0v) is 20.5. The molecule has 4 bridgehead atoms. The van der Waals surface area contributed by atoms with E-state index in [4.69, 9.17) is 14.2 Å².